The number of benzene rings is 1. The van der Waals surface area contributed by atoms with Gasteiger partial charge in [0.2, 0.25) is 10.0 Å². The molecule has 0 saturated heterocycles. The van der Waals surface area contributed by atoms with E-state index in [2.05, 4.69) is 5.92 Å². The van der Waals surface area contributed by atoms with Gasteiger partial charge in [0.1, 0.15) is 6.54 Å². The smallest absolute Gasteiger partial charge is 0.335 e. The van der Waals surface area contributed by atoms with Crippen LogP contribution in [0.25, 0.3) is 0 Å². The molecular formula is C12H10N2O4S. The van der Waals surface area contributed by atoms with Crippen LogP contribution in [0.15, 0.2) is 29.2 Å². The predicted molar refractivity (Wildman–Crippen MR) is 66.6 cm³/mol. The number of carboxylic acids is 1. The second-order valence-corrected chi connectivity index (χ2v) is 5.41. The summed E-state index contributed by atoms with van der Waals surface area (Å²) in [6, 6.07) is 6.57. The first-order chi connectivity index (χ1) is 8.93. The molecule has 0 radical (unpaired) electrons. The third-order valence-corrected chi connectivity index (χ3v) is 4.02. The van der Waals surface area contributed by atoms with Crippen molar-refractivity contribution in [3.8, 4) is 18.4 Å². The van der Waals surface area contributed by atoms with E-state index in [1.807, 2.05) is 0 Å². The molecule has 0 aliphatic carbocycles. The minimum absolute atomic E-state index is 0.154. The van der Waals surface area contributed by atoms with Gasteiger partial charge in [-0.05, 0) is 18.2 Å². The maximum atomic E-state index is 12.2. The summed E-state index contributed by atoms with van der Waals surface area (Å²) in [5, 5.41) is 17.4. The van der Waals surface area contributed by atoms with Crippen molar-refractivity contribution in [1.82, 2.24) is 4.31 Å². The van der Waals surface area contributed by atoms with E-state index in [0.717, 1.165) is 10.4 Å². The Bertz CT molecular complexity index is 652. The number of nitrogens with zero attached hydrogens (tertiary/aromatic N) is 2. The molecule has 1 N–H and O–H groups in total. The third kappa shape index (κ3) is 3.32. The number of carboxylic acid groups (broad SMARTS) is 1. The number of sulfonamides is 1. The van der Waals surface area contributed by atoms with E-state index in [9.17, 15) is 13.2 Å². The minimum atomic E-state index is -3.98. The highest BCUT2D eigenvalue weighted by Gasteiger charge is 2.24. The molecule has 1 aromatic rings. The van der Waals surface area contributed by atoms with Gasteiger partial charge in [0.15, 0.2) is 0 Å². The van der Waals surface area contributed by atoms with Crippen LogP contribution < -0.4 is 0 Å². The van der Waals surface area contributed by atoms with Gasteiger partial charge in [0.05, 0.1) is 23.1 Å². The van der Waals surface area contributed by atoms with Crippen LogP contribution in [0.3, 0.4) is 0 Å². The number of rotatable bonds is 5. The molecule has 0 bridgehead atoms. The topological polar surface area (TPSA) is 98.5 Å². The van der Waals surface area contributed by atoms with E-state index in [1.165, 1.54) is 18.2 Å². The Balaban J connectivity index is 3.26. The highest BCUT2D eigenvalue weighted by Crippen LogP contribution is 2.16. The molecule has 0 atom stereocenters. The Labute approximate surface area is 110 Å². The number of nitriles is 1. The molecule has 0 spiro atoms. The molecule has 19 heavy (non-hydrogen) atoms. The summed E-state index contributed by atoms with van der Waals surface area (Å²) in [6.07, 6.45) is 5.05. The van der Waals surface area contributed by atoms with E-state index < -0.39 is 22.5 Å². The highest BCUT2D eigenvalue weighted by atomic mass is 32.2. The second-order valence-electron chi connectivity index (χ2n) is 3.47. The Morgan fingerprint density at radius 3 is 2.63 bits per heavy atom. The predicted octanol–water partition coefficient (Wildman–Crippen LogP) is 0.532. The lowest BCUT2D eigenvalue weighted by Crippen LogP contribution is -2.32. The molecule has 0 aliphatic heterocycles. The van der Waals surface area contributed by atoms with E-state index in [-0.39, 0.29) is 17.0 Å². The molecular weight excluding hydrogens is 268 g/mol. The fraction of sp³-hybridized carbons (Fsp3) is 0.167. The van der Waals surface area contributed by atoms with Crippen LogP contribution in [-0.2, 0) is 10.0 Å². The summed E-state index contributed by atoms with van der Waals surface area (Å²) in [6.45, 7) is -0.656. The number of carbonyl (C=O) groups is 1. The number of hydrogen-bond acceptors (Lipinski definition) is 4. The lowest BCUT2D eigenvalue weighted by atomic mass is 10.2. The zero-order valence-electron chi connectivity index (χ0n) is 9.78. The van der Waals surface area contributed by atoms with E-state index in [4.69, 9.17) is 16.8 Å². The molecule has 98 valence electrons. The number of hydrogen-bond donors (Lipinski definition) is 1. The first-order valence-corrected chi connectivity index (χ1v) is 6.51. The quantitative estimate of drug-likeness (QED) is 0.625. The summed E-state index contributed by atoms with van der Waals surface area (Å²) in [5.41, 5.74) is -0.154. The molecule has 1 rings (SSSR count). The standard InChI is InChI=1S/C12H10N2O4S/c1-2-7-14(8-6-13)19(17,18)11-5-3-4-10(9-11)12(15)16/h1,3-5,9H,7-8H2,(H,15,16). The van der Waals surface area contributed by atoms with Gasteiger partial charge >= 0.3 is 5.97 Å². The zero-order chi connectivity index (χ0) is 14.5. The van der Waals surface area contributed by atoms with Gasteiger partial charge in [-0.3, -0.25) is 0 Å². The first-order valence-electron chi connectivity index (χ1n) is 5.07. The SMILES string of the molecule is C#CCN(CC#N)S(=O)(=O)c1cccc(C(=O)O)c1. The number of terminal acetylenes is 1. The summed E-state index contributed by atoms with van der Waals surface area (Å²) >= 11 is 0. The van der Waals surface area contributed by atoms with Gasteiger partial charge in [-0.25, -0.2) is 13.2 Å². The summed E-state index contributed by atoms with van der Waals surface area (Å²) in [5.74, 6) is 0.910. The van der Waals surface area contributed by atoms with E-state index >= 15 is 0 Å². The molecule has 0 fully saturated rings. The summed E-state index contributed by atoms with van der Waals surface area (Å²) in [7, 11) is -3.98. The van der Waals surface area contributed by atoms with Gasteiger partial charge in [-0.2, -0.15) is 9.57 Å². The third-order valence-electron chi connectivity index (χ3n) is 2.23. The van der Waals surface area contributed by atoms with Crippen LogP contribution in [0.5, 0.6) is 0 Å². The lowest BCUT2D eigenvalue weighted by molar-refractivity contribution is 0.0696. The Morgan fingerprint density at radius 1 is 1.42 bits per heavy atom. The molecule has 0 saturated carbocycles. The monoisotopic (exact) mass is 278 g/mol. The lowest BCUT2D eigenvalue weighted by Gasteiger charge is -2.16. The van der Waals surface area contributed by atoms with Gasteiger partial charge < -0.3 is 5.11 Å². The Hall–Kier alpha value is -2.35. The first kappa shape index (κ1) is 14.7. The fourth-order valence-electron chi connectivity index (χ4n) is 1.35. The van der Waals surface area contributed by atoms with Crippen molar-refractivity contribution in [2.45, 2.75) is 4.90 Å². The van der Waals surface area contributed by atoms with Crippen molar-refractivity contribution in [3.63, 3.8) is 0 Å². The maximum Gasteiger partial charge on any atom is 0.335 e. The number of aromatic carboxylic acids is 1. The molecule has 1 aromatic carbocycles. The summed E-state index contributed by atoms with van der Waals surface area (Å²) in [4.78, 5) is 10.6. The molecule has 0 aromatic heterocycles. The van der Waals surface area contributed by atoms with Crippen molar-refractivity contribution in [3.05, 3.63) is 29.8 Å². The van der Waals surface area contributed by atoms with Crippen LogP contribution >= 0.6 is 0 Å². The maximum absolute atomic E-state index is 12.2. The van der Waals surface area contributed by atoms with Crippen molar-refractivity contribution in [1.29, 1.82) is 5.26 Å². The zero-order valence-corrected chi connectivity index (χ0v) is 10.6. The molecule has 7 heteroatoms. The average Bonchev–Trinajstić information content (AvgIpc) is 2.38. The molecule has 0 aliphatic rings. The van der Waals surface area contributed by atoms with Crippen LogP contribution in [0.2, 0.25) is 0 Å². The van der Waals surface area contributed by atoms with Gasteiger partial charge in [0.25, 0.3) is 0 Å². The normalized spacial score (nSPS) is 10.7. The fourth-order valence-corrected chi connectivity index (χ4v) is 2.64. The van der Waals surface area contributed by atoms with Gasteiger partial charge in [-0.1, -0.05) is 12.0 Å². The minimum Gasteiger partial charge on any atom is -0.478 e. The van der Waals surface area contributed by atoms with E-state index in [0.29, 0.717) is 0 Å². The highest BCUT2D eigenvalue weighted by molar-refractivity contribution is 7.89. The van der Waals surface area contributed by atoms with Crippen LogP contribution in [-0.4, -0.2) is 36.9 Å². The van der Waals surface area contributed by atoms with Crippen LogP contribution in [0, 0.1) is 23.7 Å². The van der Waals surface area contributed by atoms with Crippen molar-refractivity contribution in [2.24, 2.45) is 0 Å². The van der Waals surface area contributed by atoms with Crippen molar-refractivity contribution >= 4 is 16.0 Å². The average molecular weight is 278 g/mol. The molecule has 6 nitrogen and oxygen atoms in total. The summed E-state index contributed by atoms with van der Waals surface area (Å²) < 4.78 is 25.1. The van der Waals surface area contributed by atoms with Crippen LogP contribution in [0.1, 0.15) is 10.4 Å². The van der Waals surface area contributed by atoms with Crippen molar-refractivity contribution < 1.29 is 18.3 Å². The Morgan fingerprint density at radius 2 is 2.11 bits per heavy atom. The van der Waals surface area contributed by atoms with Crippen LogP contribution in [0.4, 0.5) is 0 Å². The van der Waals surface area contributed by atoms with E-state index in [1.54, 1.807) is 6.07 Å². The molecule has 0 unspecified atom stereocenters. The molecule has 0 heterocycles. The largest absolute Gasteiger partial charge is 0.478 e. The molecule has 0 amide bonds. The van der Waals surface area contributed by atoms with Gasteiger partial charge in [-0.15, -0.1) is 6.42 Å². The second kappa shape index (κ2) is 6.01. The Kier molecular flexibility index (Phi) is 4.65. The van der Waals surface area contributed by atoms with Crippen molar-refractivity contribution in [2.75, 3.05) is 13.1 Å². The van der Waals surface area contributed by atoms with Gasteiger partial charge in [0, 0.05) is 0 Å².